The minimum Gasteiger partial charge on any atom is -0.487 e. The van der Waals surface area contributed by atoms with Gasteiger partial charge in [0.05, 0.1) is 24.7 Å². The van der Waals surface area contributed by atoms with Crippen LogP contribution in [0.15, 0.2) is 66.9 Å². The fraction of sp³-hybridized carbons (Fsp3) is 0.464. The molecule has 2 spiro atoms. The van der Waals surface area contributed by atoms with Crippen LogP contribution in [0.4, 0.5) is 28.9 Å². The van der Waals surface area contributed by atoms with Gasteiger partial charge in [-0.2, -0.15) is 13.2 Å². The van der Waals surface area contributed by atoms with Gasteiger partial charge < -0.3 is 24.8 Å². The van der Waals surface area contributed by atoms with Gasteiger partial charge in [-0.25, -0.2) is 4.39 Å². The Morgan fingerprint density at radius 3 is 2.57 bits per heavy atom. The third-order valence-corrected chi connectivity index (χ3v) is 17.1. The Morgan fingerprint density at radius 2 is 1.80 bits per heavy atom. The van der Waals surface area contributed by atoms with E-state index in [1.54, 1.807) is 58.3 Å². The van der Waals surface area contributed by atoms with Crippen molar-refractivity contribution < 1.29 is 47.6 Å². The van der Waals surface area contributed by atoms with E-state index in [2.05, 4.69) is 46.6 Å². The molecule has 3 N–H and O–H groups in total. The van der Waals surface area contributed by atoms with E-state index in [1.165, 1.54) is 17.2 Å². The van der Waals surface area contributed by atoms with Crippen LogP contribution in [0.1, 0.15) is 135 Å². The van der Waals surface area contributed by atoms with Gasteiger partial charge in [0, 0.05) is 90.0 Å². The van der Waals surface area contributed by atoms with E-state index >= 15 is 9.18 Å². The number of rotatable bonds is 5. The number of benzene rings is 3. The second-order valence-electron chi connectivity index (χ2n) is 21.8. The Hall–Kier alpha value is -6.51. The molecule has 0 bridgehead atoms. The minimum absolute atomic E-state index is 0.00823. The number of pyridine rings is 1. The number of alkyl halides is 3. The Labute approximate surface area is 432 Å². The van der Waals surface area contributed by atoms with Gasteiger partial charge in [0.25, 0.3) is 11.8 Å². The van der Waals surface area contributed by atoms with E-state index in [0.717, 1.165) is 31.7 Å². The number of carbonyl (C=O) groups excluding carboxylic acids is 5. The number of nitrogens with zero attached hydrogens (tertiary/aromatic N) is 4. The average molecular weight is 1040 g/mol. The fourth-order valence-electron chi connectivity index (χ4n) is 13.0. The number of hydrogen-bond acceptors (Lipinski definition) is 9. The van der Waals surface area contributed by atoms with Gasteiger partial charge in [-0.3, -0.25) is 39.6 Å². The largest absolute Gasteiger partial charge is 0.487 e. The summed E-state index contributed by atoms with van der Waals surface area (Å²) in [6.07, 6.45) is 0.463. The van der Waals surface area contributed by atoms with E-state index in [9.17, 15) is 32.3 Å². The SMILES string of the molecule is [2H][C@]1(N2Cc3c(C#CC[C@@H]4CCCN(C(=O)c5ccc6c(c5)O[C@H](C)CN6C(=O)[C@@H]5NC6(CCC(C)(C)CC6)[C@@]6(CNc7cc(C(F)(F)F)ncc76)[C@H]5c5cccc(Cl)c5F)C4)cccc3C2=O)CCC(=O)NC1=O. The first kappa shape index (κ1) is 48.4. The summed E-state index contributed by atoms with van der Waals surface area (Å²) in [7, 11) is 0. The van der Waals surface area contributed by atoms with Crippen LogP contribution in [0, 0.1) is 29.0 Å². The number of ether oxygens (including phenoxy) is 1. The molecule has 18 heteroatoms. The van der Waals surface area contributed by atoms with Gasteiger partial charge in [-0.1, -0.05) is 55.5 Å². The van der Waals surface area contributed by atoms with Crippen molar-refractivity contribution in [1.29, 1.82) is 0 Å². The molecule has 5 amide bonds. The molecule has 1 saturated carbocycles. The Bertz CT molecular complexity index is 3150. The predicted octanol–water partition coefficient (Wildman–Crippen LogP) is 8.52. The maximum absolute atomic E-state index is 16.8. The summed E-state index contributed by atoms with van der Waals surface area (Å²) >= 11 is 6.51. The monoisotopic (exact) mass is 1030 g/mol. The first-order valence-electron chi connectivity index (χ1n) is 25.8. The lowest BCUT2D eigenvalue weighted by Crippen LogP contribution is -2.60. The number of aromatic nitrogens is 1. The van der Waals surface area contributed by atoms with Gasteiger partial charge in [-0.05, 0) is 117 Å². The maximum Gasteiger partial charge on any atom is 0.433 e. The summed E-state index contributed by atoms with van der Waals surface area (Å²) in [5, 5.41) is 9.09. The molecule has 1 aliphatic carbocycles. The number of hydrogen-bond donors (Lipinski definition) is 3. The molecule has 0 unspecified atom stereocenters. The van der Waals surface area contributed by atoms with Crippen LogP contribution in [0.5, 0.6) is 5.75 Å². The van der Waals surface area contributed by atoms with Crippen LogP contribution in [-0.4, -0.2) is 94.2 Å². The number of fused-ring (bicyclic) bond motifs is 5. The number of imide groups is 1. The zero-order chi connectivity index (χ0) is 53.0. The molecule has 7 heterocycles. The second-order valence-corrected chi connectivity index (χ2v) is 22.2. The van der Waals surface area contributed by atoms with Crippen molar-refractivity contribution in [3.63, 3.8) is 0 Å². The van der Waals surface area contributed by atoms with Gasteiger partial charge >= 0.3 is 6.18 Å². The average Bonchev–Trinajstić information content (AvgIpc) is 4.06. The van der Waals surface area contributed by atoms with Crippen LogP contribution in [0.3, 0.4) is 0 Å². The molecular weight excluding hydrogens is 978 g/mol. The van der Waals surface area contributed by atoms with Crippen molar-refractivity contribution in [2.45, 2.75) is 126 Å². The fourth-order valence-corrected chi connectivity index (χ4v) is 13.1. The summed E-state index contributed by atoms with van der Waals surface area (Å²) in [4.78, 5) is 76.6. The Morgan fingerprint density at radius 1 is 1.01 bits per heavy atom. The molecule has 6 aliphatic heterocycles. The first-order valence-corrected chi connectivity index (χ1v) is 25.7. The third kappa shape index (κ3) is 8.36. The number of halogens is 5. The number of nitrogens with one attached hydrogen (secondary N) is 3. The molecule has 4 fully saturated rings. The highest BCUT2D eigenvalue weighted by atomic mass is 35.5. The molecule has 3 aromatic carbocycles. The standard InChI is InChI=1S/C56H56ClF4N7O6/c1-31-27-67(52(73)48-46(36-13-6-14-39(57)47(36)58)55(54(65-48)21-19-53(2,3)20-22-54)30-63-40-25-44(56(59,60)61)62-26-38(40)55)41-16-15-34(24-43(41)74-31)50(71)66-23-7-9-32(28-66)8-4-10-33-11-5-12-35-37(33)29-68(51(35)72)42-17-18-45(69)64-49(42)70/h5-6,11-16,24-26,31-32,42,46,48,63,65H,7-9,17-23,27-30H2,1-3H3,(H,64,69,70)/t31-,32-,42+,46+,48-,55-/m1/s1/i42D. The highest BCUT2D eigenvalue weighted by molar-refractivity contribution is 6.30. The van der Waals surface area contributed by atoms with E-state index < -0.39 is 70.4 Å². The molecule has 3 saturated heterocycles. The maximum atomic E-state index is 16.8. The van der Waals surface area contributed by atoms with E-state index in [1.807, 2.05) is 6.92 Å². The lowest BCUT2D eigenvalue weighted by atomic mass is 9.54. The summed E-state index contributed by atoms with van der Waals surface area (Å²) in [5.41, 5.74) is 0.0898. The molecule has 74 heavy (non-hydrogen) atoms. The molecule has 386 valence electrons. The Balaban J connectivity index is 0.852. The van der Waals surface area contributed by atoms with Crippen LogP contribution in [0.2, 0.25) is 5.02 Å². The number of carbonyl (C=O) groups is 5. The molecular formula is C56H56ClF4N7O6. The third-order valence-electron chi connectivity index (χ3n) is 16.8. The summed E-state index contributed by atoms with van der Waals surface area (Å²) in [6.45, 7) is 7.35. The molecule has 6 atom stereocenters. The zero-order valence-corrected chi connectivity index (χ0v) is 41.9. The number of likely N-dealkylation sites (tertiary alicyclic amines) is 1. The van der Waals surface area contributed by atoms with Crippen molar-refractivity contribution in [2.75, 3.05) is 36.4 Å². The van der Waals surface area contributed by atoms with Gasteiger partial charge in [-0.15, -0.1) is 0 Å². The number of piperidine rings is 2. The number of amides is 5. The molecule has 11 rings (SSSR count). The topological polar surface area (TPSA) is 153 Å². The Kier molecular flexibility index (Phi) is 12.0. The van der Waals surface area contributed by atoms with Gasteiger partial charge in [0.2, 0.25) is 17.7 Å². The normalized spacial score (nSPS) is 27.9. The molecule has 7 aliphatic rings. The smallest absolute Gasteiger partial charge is 0.433 e. The molecule has 13 nitrogen and oxygen atoms in total. The lowest BCUT2D eigenvalue weighted by molar-refractivity contribution is -0.141. The van der Waals surface area contributed by atoms with Crippen molar-refractivity contribution >= 4 is 52.5 Å². The van der Waals surface area contributed by atoms with Crippen LogP contribution >= 0.6 is 11.6 Å². The summed E-state index contributed by atoms with van der Waals surface area (Å²) in [5.74, 6) is 2.78. The van der Waals surface area contributed by atoms with Crippen LogP contribution in [-0.2, 0) is 32.5 Å². The van der Waals surface area contributed by atoms with Crippen molar-refractivity contribution in [2.24, 2.45) is 11.3 Å². The van der Waals surface area contributed by atoms with Crippen molar-refractivity contribution in [3.05, 3.63) is 117 Å². The van der Waals surface area contributed by atoms with Crippen molar-refractivity contribution in [3.8, 4) is 17.6 Å². The first-order chi connectivity index (χ1) is 35.6. The zero-order valence-electron chi connectivity index (χ0n) is 42.2. The molecule has 1 aromatic heterocycles. The number of anilines is 2. The summed E-state index contributed by atoms with van der Waals surface area (Å²) < 4.78 is 74.3. The van der Waals surface area contributed by atoms with Gasteiger partial charge in [0.1, 0.15) is 29.4 Å². The van der Waals surface area contributed by atoms with Crippen LogP contribution in [0.25, 0.3) is 0 Å². The summed E-state index contributed by atoms with van der Waals surface area (Å²) in [6, 6.07) is 12.8. The second kappa shape index (κ2) is 18.4. The van der Waals surface area contributed by atoms with Gasteiger partial charge in [0.15, 0.2) is 0 Å². The molecule has 4 aromatic rings. The quantitative estimate of drug-likeness (QED) is 0.102. The highest BCUT2D eigenvalue weighted by Gasteiger charge is 2.69. The van der Waals surface area contributed by atoms with E-state index in [0.29, 0.717) is 71.6 Å². The van der Waals surface area contributed by atoms with E-state index in [4.69, 9.17) is 17.7 Å². The highest BCUT2D eigenvalue weighted by Crippen LogP contribution is 2.64. The molecule has 0 radical (unpaired) electrons. The minimum atomic E-state index is -4.71. The van der Waals surface area contributed by atoms with Crippen molar-refractivity contribution in [1.82, 2.24) is 25.4 Å². The lowest BCUT2D eigenvalue weighted by Gasteiger charge is -2.51. The van der Waals surface area contributed by atoms with Crippen LogP contribution < -0.4 is 25.6 Å². The van der Waals surface area contributed by atoms with E-state index in [-0.39, 0.29) is 71.9 Å². The predicted molar refractivity (Wildman–Crippen MR) is 267 cm³/mol.